The summed E-state index contributed by atoms with van der Waals surface area (Å²) in [5.41, 5.74) is 4.08. The largest absolute Gasteiger partial charge is 0.385 e. The molecule has 0 bridgehead atoms. The minimum Gasteiger partial charge on any atom is -0.385 e. The fourth-order valence-electron chi connectivity index (χ4n) is 3.52. The highest BCUT2D eigenvalue weighted by atomic mass is 32.2. The van der Waals surface area contributed by atoms with Crippen molar-refractivity contribution in [3.05, 3.63) is 41.2 Å². The van der Waals surface area contributed by atoms with E-state index in [2.05, 4.69) is 33.7 Å². The van der Waals surface area contributed by atoms with Crippen molar-refractivity contribution in [3.8, 4) is 0 Å². The maximum absolute atomic E-state index is 12.7. The molecular formula is C21H30N4O2S. The zero-order valence-corrected chi connectivity index (χ0v) is 17.8. The van der Waals surface area contributed by atoms with E-state index in [0.29, 0.717) is 6.61 Å². The SMILES string of the molecule is COCCCn1cnnc1SC(C)C(=O)NC(C)c1ccc2c(c1)CCCC2. The molecule has 0 aliphatic heterocycles. The summed E-state index contributed by atoms with van der Waals surface area (Å²) in [5.74, 6) is 0.0154. The van der Waals surface area contributed by atoms with E-state index in [1.54, 1.807) is 13.4 Å². The Bertz CT molecular complexity index is 792. The van der Waals surface area contributed by atoms with Gasteiger partial charge in [0, 0.05) is 20.3 Å². The van der Waals surface area contributed by atoms with E-state index in [4.69, 9.17) is 4.74 Å². The first kappa shape index (κ1) is 20.9. The Morgan fingerprint density at radius 2 is 2.07 bits per heavy atom. The number of aryl methyl sites for hydroxylation is 3. The molecule has 1 heterocycles. The molecule has 3 rings (SSSR count). The van der Waals surface area contributed by atoms with E-state index in [9.17, 15) is 4.79 Å². The maximum atomic E-state index is 12.7. The molecule has 2 unspecified atom stereocenters. The van der Waals surface area contributed by atoms with Gasteiger partial charge in [-0.2, -0.15) is 0 Å². The predicted molar refractivity (Wildman–Crippen MR) is 111 cm³/mol. The van der Waals surface area contributed by atoms with Crippen LogP contribution in [0.15, 0.2) is 29.7 Å². The van der Waals surface area contributed by atoms with Gasteiger partial charge in [-0.3, -0.25) is 4.79 Å². The third kappa shape index (κ3) is 5.35. The Morgan fingerprint density at radius 3 is 2.86 bits per heavy atom. The first-order valence-corrected chi connectivity index (χ1v) is 10.9. The molecule has 6 nitrogen and oxygen atoms in total. The molecule has 28 heavy (non-hydrogen) atoms. The van der Waals surface area contributed by atoms with Crippen LogP contribution in [0.4, 0.5) is 0 Å². The third-order valence-corrected chi connectivity index (χ3v) is 6.30. The minimum absolute atomic E-state index is 0.0117. The summed E-state index contributed by atoms with van der Waals surface area (Å²) in [6.07, 6.45) is 7.46. The number of ether oxygens (including phenoxy) is 1. The van der Waals surface area contributed by atoms with Crippen LogP contribution in [0, 0.1) is 0 Å². The number of thioether (sulfide) groups is 1. The Labute approximate surface area is 171 Å². The van der Waals surface area contributed by atoms with Crippen molar-refractivity contribution in [2.75, 3.05) is 13.7 Å². The number of carbonyl (C=O) groups excluding carboxylic acids is 1. The van der Waals surface area contributed by atoms with Crippen LogP contribution in [-0.2, 0) is 28.9 Å². The number of fused-ring (bicyclic) bond motifs is 1. The number of hydrogen-bond donors (Lipinski definition) is 1. The first-order chi connectivity index (χ1) is 13.6. The fourth-order valence-corrected chi connectivity index (χ4v) is 4.38. The normalized spacial score (nSPS) is 15.7. The van der Waals surface area contributed by atoms with Crippen molar-refractivity contribution in [3.63, 3.8) is 0 Å². The number of aromatic nitrogens is 3. The van der Waals surface area contributed by atoms with Crippen molar-refractivity contribution in [2.24, 2.45) is 0 Å². The molecule has 1 amide bonds. The van der Waals surface area contributed by atoms with Gasteiger partial charge in [-0.1, -0.05) is 30.0 Å². The predicted octanol–water partition coefficient (Wildman–Crippen LogP) is 3.55. The van der Waals surface area contributed by atoms with E-state index in [0.717, 1.165) is 24.5 Å². The molecule has 0 radical (unpaired) electrons. The van der Waals surface area contributed by atoms with Crippen LogP contribution in [0.1, 0.15) is 55.8 Å². The smallest absolute Gasteiger partial charge is 0.233 e. The van der Waals surface area contributed by atoms with Crippen LogP contribution >= 0.6 is 11.8 Å². The Kier molecular flexibility index (Phi) is 7.50. The molecule has 0 saturated heterocycles. The molecule has 0 spiro atoms. The lowest BCUT2D eigenvalue weighted by Gasteiger charge is -2.21. The van der Waals surface area contributed by atoms with Crippen molar-refractivity contribution in [1.82, 2.24) is 20.1 Å². The van der Waals surface area contributed by atoms with Crippen molar-refractivity contribution in [1.29, 1.82) is 0 Å². The van der Waals surface area contributed by atoms with Crippen molar-refractivity contribution in [2.45, 2.75) is 68.9 Å². The van der Waals surface area contributed by atoms with E-state index in [-0.39, 0.29) is 17.2 Å². The molecule has 1 N–H and O–H groups in total. The van der Waals surface area contributed by atoms with Crippen LogP contribution in [0.25, 0.3) is 0 Å². The van der Waals surface area contributed by atoms with Crippen molar-refractivity contribution < 1.29 is 9.53 Å². The van der Waals surface area contributed by atoms with Gasteiger partial charge in [-0.25, -0.2) is 0 Å². The summed E-state index contributed by atoms with van der Waals surface area (Å²) in [7, 11) is 1.69. The Balaban J connectivity index is 1.56. The zero-order chi connectivity index (χ0) is 19.9. The molecule has 0 saturated carbocycles. The van der Waals surface area contributed by atoms with Gasteiger partial charge in [0.25, 0.3) is 0 Å². The van der Waals surface area contributed by atoms with Gasteiger partial charge in [0.1, 0.15) is 6.33 Å². The highest BCUT2D eigenvalue weighted by molar-refractivity contribution is 8.00. The zero-order valence-electron chi connectivity index (χ0n) is 17.0. The number of carbonyl (C=O) groups is 1. The van der Waals surface area contributed by atoms with Gasteiger partial charge >= 0.3 is 0 Å². The molecule has 152 valence electrons. The highest BCUT2D eigenvalue weighted by Crippen LogP contribution is 2.26. The van der Waals surface area contributed by atoms with E-state index >= 15 is 0 Å². The lowest BCUT2D eigenvalue weighted by molar-refractivity contribution is -0.120. The number of benzene rings is 1. The standard InChI is InChI=1S/C21H30N4O2S/c1-15(18-10-9-17-7-4-5-8-19(17)13-18)23-20(26)16(2)28-21-24-22-14-25(21)11-6-12-27-3/h9-10,13-16H,4-8,11-12H2,1-3H3,(H,23,26). The summed E-state index contributed by atoms with van der Waals surface area (Å²) in [6.45, 7) is 5.43. The summed E-state index contributed by atoms with van der Waals surface area (Å²) >= 11 is 1.44. The van der Waals surface area contributed by atoms with Gasteiger partial charge in [-0.15, -0.1) is 10.2 Å². The Hall–Kier alpha value is -1.86. The topological polar surface area (TPSA) is 69.0 Å². The average molecular weight is 403 g/mol. The monoisotopic (exact) mass is 402 g/mol. The summed E-state index contributed by atoms with van der Waals surface area (Å²) in [5, 5.41) is 11.8. The van der Waals surface area contributed by atoms with Gasteiger partial charge < -0.3 is 14.6 Å². The minimum atomic E-state index is -0.245. The molecule has 2 aromatic rings. The molecule has 2 atom stereocenters. The summed E-state index contributed by atoms with van der Waals surface area (Å²) < 4.78 is 7.07. The van der Waals surface area contributed by atoms with Crippen LogP contribution < -0.4 is 5.32 Å². The van der Waals surface area contributed by atoms with Crippen LogP contribution in [0.2, 0.25) is 0 Å². The maximum Gasteiger partial charge on any atom is 0.233 e. The van der Waals surface area contributed by atoms with Gasteiger partial charge in [0.05, 0.1) is 11.3 Å². The van der Waals surface area contributed by atoms with Gasteiger partial charge in [0.2, 0.25) is 5.91 Å². The molecule has 1 aromatic heterocycles. The van der Waals surface area contributed by atoms with Crippen molar-refractivity contribution >= 4 is 17.7 Å². The number of amides is 1. The Morgan fingerprint density at radius 1 is 1.29 bits per heavy atom. The summed E-state index contributed by atoms with van der Waals surface area (Å²) in [6, 6.07) is 6.64. The summed E-state index contributed by atoms with van der Waals surface area (Å²) in [4.78, 5) is 12.7. The van der Waals surface area contributed by atoms with E-state index < -0.39 is 0 Å². The fraction of sp³-hybridized carbons (Fsp3) is 0.571. The first-order valence-electron chi connectivity index (χ1n) is 10.0. The van der Waals surface area contributed by atoms with Gasteiger partial charge in [0.15, 0.2) is 5.16 Å². The number of hydrogen-bond acceptors (Lipinski definition) is 5. The van der Waals surface area contributed by atoms with Crippen LogP contribution in [-0.4, -0.2) is 39.6 Å². The van der Waals surface area contributed by atoms with Crippen LogP contribution in [0.3, 0.4) is 0 Å². The second-order valence-corrected chi connectivity index (χ2v) is 8.69. The van der Waals surface area contributed by atoms with Gasteiger partial charge in [-0.05, 0) is 62.6 Å². The molecule has 0 fully saturated rings. The quantitative estimate of drug-likeness (QED) is 0.513. The number of rotatable bonds is 9. The third-order valence-electron chi connectivity index (χ3n) is 5.21. The number of nitrogens with one attached hydrogen (secondary N) is 1. The highest BCUT2D eigenvalue weighted by Gasteiger charge is 2.20. The lowest BCUT2D eigenvalue weighted by atomic mass is 9.89. The average Bonchev–Trinajstić information content (AvgIpc) is 3.14. The molecule has 1 aromatic carbocycles. The number of nitrogens with zero attached hydrogens (tertiary/aromatic N) is 3. The number of methoxy groups -OCH3 is 1. The van der Waals surface area contributed by atoms with E-state index in [1.807, 2.05) is 18.4 Å². The second-order valence-electron chi connectivity index (χ2n) is 7.38. The molecule has 1 aliphatic carbocycles. The lowest BCUT2D eigenvalue weighted by Crippen LogP contribution is -2.33. The molecule has 7 heteroatoms. The molecule has 1 aliphatic rings. The van der Waals surface area contributed by atoms with Crippen LogP contribution in [0.5, 0.6) is 0 Å². The second kappa shape index (κ2) is 10.1. The van der Waals surface area contributed by atoms with E-state index in [1.165, 1.54) is 47.7 Å². The molecular weight excluding hydrogens is 372 g/mol.